The molecule has 5 heteroatoms. The fraction of sp³-hybridized carbons (Fsp3) is 0.811. The highest BCUT2D eigenvalue weighted by atomic mass is 16.5. The monoisotopic (exact) mass is 590 g/mol. The van der Waals surface area contributed by atoms with E-state index in [1.54, 1.807) is 12.1 Å². The van der Waals surface area contributed by atoms with Crippen molar-refractivity contribution in [3.8, 4) is 17.2 Å². The molecule has 1 aromatic rings. The van der Waals surface area contributed by atoms with E-state index >= 15 is 0 Å². The van der Waals surface area contributed by atoms with Crippen LogP contribution in [0.1, 0.15) is 150 Å². The summed E-state index contributed by atoms with van der Waals surface area (Å²) in [6.45, 7) is 22.1. The molecule has 0 unspecified atom stereocenters. The molecule has 5 nitrogen and oxygen atoms in total. The lowest BCUT2D eigenvalue weighted by molar-refractivity contribution is 0.0695. The SMILES string of the molecule is CC(C)CCC[C@H](C)CCOc1cc(C(=O)O)cc(OCC[C@@H](C)CCCC(C)C)c1OCC[C@@H](C)CCCC(C)C. The summed E-state index contributed by atoms with van der Waals surface area (Å²) in [5.74, 6) is 4.39. The first-order chi connectivity index (χ1) is 19.9. The summed E-state index contributed by atoms with van der Waals surface area (Å²) in [6.07, 6.45) is 13.8. The number of hydrogen-bond donors (Lipinski definition) is 1. The van der Waals surface area contributed by atoms with E-state index in [-0.39, 0.29) is 5.56 Å². The van der Waals surface area contributed by atoms with Gasteiger partial charge in [-0.25, -0.2) is 4.79 Å². The average molecular weight is 591 g/mol. The van der Waals surface area contributed by atoms with E-state index in [9.17, 15) is 9.90 Å². The first-order valence-corrected chi connectivity index (χ1v) is 17.2. The zero-order valence-electron chi connectivity index (χ0n) is 28.8. The van der Waals surface area contributed by atoms with Crippen molar-refractivity contribution in [2.24, 2.45) is 35.5 Å². The van der Waals surface area contributed by atoms with Gasteiger partial charge in [0.2, 0.25) is 5.75 Å². The van der Waals surface area contributed by atoms with Crippen LogP contribution in [0.25, 0.3) is 0 Å². The molecule has 42 heavy (non-hydrogen) atoms. The fourth-order valence-corrected chi connectivity index (χ4v) is 5.22. The van der Waals surface area contributed by atoms with Gasteiger partial charge in [-0.3, -0.25) is 0 Å². The maximum absolute atomic E-state index is 12.0. The molecule has 0 amide bonds. The van der Waals surface area contributed by atoms with E-state index in [0.717, 1.165) is 37.0 Å². The van der Waals surface area contributed by atoms with Gasteiger partial charge in [0.1, 0.15) is 0 Å². The molecule has 1 aromatic carbocycles. The Morgan fingerprint density at radius 3 is 1.19 bits per heavy atom. The van der Waals surface area contributed by atoms with Crippen LogP contribution in [0.2, 0.25) is 0 Å². The molecule has 3 atom stereocenters. The minimum atomic E-state index is -0.987. The normalized spacial score (nSPS) is 13.9. The summed E-state index contributed by atoms with van der Waals surface area (Å²) < 4.78 is 18.9. The van der Waals surface area contributed by atoms with Gasteiger partial charge in [-0.05, 0) is 66.9 Å². The van der Waals surface area contributed by atoms with Gasteiger partial charge in [-0.2, -0.15) is 0 Å². The first-order valence-electron chi connectivity index (χ1n) is 17.2. The molecule has 0 aliphatic rings. The van der Waals surface area contributed by atoms with Crippen LogP contribution in [-0.4, -0.2) is 30.9 Å². The predicted molar refractivity (Wildman–Crippen MR) is 177 cm³/mol. The molecule has 0 radical (unpaired) electrons. The van der Waals surface area contributed by atoms with Crippen LogP contribution in [0.4, 0.5) is 0 Å². The highest BCUT2D eigenvalue weighted by Gasteiger charge is 2.20. The molecular weight excluding hydrogens is 524 g/mol. The van der Waals surface area contributed by atoms with Gasteiger partial charge in [-0.1, -0.05) is 120 Å². The van der Waals surface area contributed by atoms with E-state index in [4.69, 9.17) is 14.2 Å². The molecule has 0 saturated heterocycles. The van der Waals surface area contributed by atoms with E-state index in [1.165, 1.54) is 57.8 Å². The highest BCUT2D eigenvalue weighted by molar-refractivity contribution is 5.89. The second-order valence-corrected chi connectivity index (χ2v) is 14.3. The second-order valence-electron chi connectivity index (χ2n) is 14.3. The lowest BCUT2D eigenvalue weighted by atomic mass is 9.97. The Morgan fingerprint density at radius 1 is 0.548 bits per heavy atom. The minimum Gasteiger partial charge on any atom is -0.490 e. The number of benzene rings is 1. The van der Waals surface area contributed by atoms with Gasteiger partial charge in [0.05, 0.1) is 25.4 Å². The maximum Gasteiger partial charge on any atom is 0.335 e. The van der Waals surface area contributed by atoms with Crippen molar-refractivity contribution in [1.29, 1.82) is 0 Å². The van der Waals surface area contributed by atoms with Crippen molar-refractivity contribution in [1.82, 2.24) is 0 Å². The van der Waals surface area contributed by atoms with Crippen LogP contribution in [0.5, 0.6) is 17.2 Å². The van der Waals surface area contributed by atoms with Crippen molar-refractivity contribution in [2.75, 3.05) is 19.8 Å². The first kappa shape index (κ1) is 38.1. The molecule has 0 aromatic heterocycles. The van der Waals surface area contributed by atoms with Crippen molar-refractivity contribution in [3.63, 3.8) is 0 Å². The van der Waals surface area contributed by atoms with Crippen LogP contribution in [0.15, 0.2) is 12.1 Å². The quantitative estimate of drug-likeness (QED) is 0.123. The number of carbonyl (C=O) groups is 1. The third kappa shape index (κ3) is 17.9. The van der Waals surface area contributed by atoms with Crippen LogP contribution in [0, 0.1) is 35.5 Å². The van der Waals surface area contributed by atoms with Gasteiger partial charge >= 0.3 is 5.97 Å². The molecule has 244 valence electrons. The van der Waals surface area contributed by atoms with E-state index in [1.807, 2.05) is 0 Å². The average Bonchev–Trinajstić information content (AvgIpc) is 2.89. The maximum atomic E-state index is 12.0. The van der Waals surface area contributed by atoms with Crippen molar-refractivity contribution in [3.05, 3.63) is 17.7 Å². The van der Waals surface area contributed by atoms with Crippen LogP contribution in [-0.2, 0) is 0 Å². The zero-order chi connectivity index (χ0) is 31.5. The number of hydrogen-bond acceptors (Lipinski definition) is 4. The molecule has 1 rings (SSSR count). The van der Waals surface area contributed by atoms with Crippen molar-refractivity contribution in [2.45, 2.75) is 139 Å². The molecule has 0 saturated carbocycles. The summed E-state index contributed by atoms with van der Waals surface area (Å²) in [4.78, 5) is 12.0. The largest absolute Gasteiger partial charge is 0.490 e. The van der Waals surface area contributed by atoms with E-state index < -0.39 is 5.97 Å². The smallest absolute Gasteiger partial charge is 0.335 e. The van der Waals surface area contributed by atoms with Crippen molar-refractivity contribution < 1.29 is 24.1 Å². The Morgan fingerprint density at radius 2 is 0.881 bits per heavy atom. The standard InChI is InChI=1S/C37H66O5/c1-27(2)13-10-16-30(7)19-22-40-34-25-33(37(38)39)26-35(41-23-20-31(8)17-11-14-28(3)4)36(34)42-24-21-32(9)18-12-15-29(5)6/h25-32H,10-24H2,1-9H3,(H,38,39)/t30-,31-,32-/m0/s1. The minimum absolute atomic E-state index is 0.171. The number of ether oxygens (including phenoxy) is 3. The summed E-state index contributed by atoms with van der Waals surface area (Å²) in [7, 11) is 0. The lowest BCUT2D eigenvalue weighted by Crippen LogP contribution is -2.11. The Hall–Kier alpha value is -1.91. The molecular formula is C37H66O5. The molecule has 0 spiro atoms. The van der Waals surface area contributed by atoms with Gasteiger partial charge in [0.25, 0.3) is 0 Å². The number of aromatic carboxylic acids is 1. The summed E-state index contributed by atoms with van der Waals surface area (Å²) in [6, 6.07) is 3.21. The van der Waals surface area contributed by atoms with Crippen LogP contribution < -0.4 is 14.2 Å². The number of carboxylic acid groups (broad SMARTS) is 1. The third-order valence-corrected chi connectivity index (χ3v) is 8.30. The predicted octanol–water partition coefficient (Wildman–Crippen LogP) is 11.1. The lowest BCUT2D eigenvalue weighted by Gasteiger charge is -2.20. The topological polar surface area (TPSA) is 65.0 Å². The van der Waals surface area contributed by atoms with Crippen LogP contribution >= 0.6 is 0 Å². The van der Waals surface area contributed by atoms with Gasteiger partial charge in [0, 0.05) is 0 Å². The van der Waals surface area contributed by atoms with Crippen LogP contribution in [0.3, 0.4) is 0 Å². The number of carboxylic acids is 1. The Kier molecular flexibility index (Phi) is 19.7. The molecule has 0 aliphatic heterocycles. The Balaban J connectivity index is 2.96. The fourth-order valence-electron chi connectivity index (χ4n) is 5.22. The Bertz CT molecular complexity index is 800. The van der Waals surface area contributed by atoms with Crippen molar-refractivity contribution >= 4 is 5.97 Å². The molecule has 0 aliphatic carbocycles. The summed E-state index contributed by atoms with van der Waals surface area (Å²) in [5, 5.41) is 9.85. The highest BCUT2D eigenvalue weighted by Crippen LogP contribution is 2.40. The summed E-state index contributed by atoms with van der Waals surface area (Å²) >= 11 is 0. The van der Waals surface area contributed by atoms with Gasteiger partial charge in [0.15, 0.2) is 11.5 Å². The number of rotatable bonds is 25. The van der Waals surface area contributed by atoms with E-state index in [2.05, 4.69) is 62.3 Å². The Labute approximate surface area is 259 Å². The second kappa shape index (κ2) is 21.7. The zero-order valence-corrected chi connectivity index (χ0v) is 28.8. The molecule has 0 bridgehead atoms. The van der Waals surface area contributed by atoms with E-state index in [0.29, 0.717) is 54.8 Å². The molecule has 1 N–H and O–H groups in total. The summed E-state index contributed by atoms with van der Waals surface area (Å²) in [5.41, 5.74) is 0.171. The third-order valence-electron chi connectivity index (χ3n) is 8.30. The van der Waals surface area contributed by atoms with Gasteiger partial charge < -0.3 is 19.3 Å². The molecule has 0 fully saturated rings. The molecule has 0 heterocycles. The van der Waals surface area contributed by atoms with Gasteiger partial charge in [-0.15, -0.1) is 0 Å².